The lowest BCUT2D eigenvalue weighted by atomic mass is 10.1. The van der Waals surface area contributed by atoms with Crippen molar-refractivity contribution in [2.45, 2.75) is 32.2 Å². The molecule has 6 heteroatoms. The fourth-order valence-electron chi connectivity index (χ4n) is 3.13. The minimum absolute atomic E-state index is 0.125. The summed E-state index contributed by atoms with van der Waals surface area (Å²) in [6.07, 6.45) is 6.01. The predicted octanol–water partition coefficient (Wildman–Crippen LogP) is 2.35. The number of likely N-dealkylation sites (tertiary alicyclic amines) is 1. The molecule has 3 rings (SSSR count). The van der Waals surface area contributed by atoms with Crippen LogP contribution in [0.2, 0.25) is 0 Å². The van der Waals surface area contributed by atoms with Crippen molar-refractivity contribution in [1.29, 1.82) is 0 Å². The summed E-state index contributed by atoms with van der Waals surface area (Å²) in [5.41, 5.74) is 8.71. The largest absolute Gasteiger partial charge is 0.370 e. The average Bonchev–Trinajstić information content (AvgIpc) is 2.73. The lowest BCUT2D eigenvalue weighted by molar-refractivity contribution is 0.0724. The van der Waals surface area contributed by atoms with E-state index in [1.807, 2.05) is 47.4 Å². The first-order valence-corrected chi connectivity index (χ1v) is 9.54. The SMILES string of the molecule is NC(=NCc1ccc(C(=O)N2CCCCC2)cc1)NCCc1ccccn1. The first kappa shape index (κ1) is 18.9. The molecule has 1 aliphatic rings. The Bertz CT molecular complexity index is 752. The van der Waals surface area contributed by atoms with Crippen molar-refractivity contribution in [3.63, 3.8) is 0 Å². The Morgan fingerprint density at radius 3 is 2.59 bits per heavy atom. The van der Waals surface area contributed by atoms with Crippen LogP contribution in [-0.4, -0.2) is 41.4 Å². The topological polar surface area (TPSA) is 83.6 Å². The lowest BCUT2D eigenvalue weighted by Crippen LogP contribution is -2.35. The zero-order valence-electron chi connectivity index (χ0n) is 15.6. The molecule has 2 heterocycles. The Hall–Kier alpha value is -2.89. The number of aliphatic imine (C=N–C) groups is 1. The van der Waals surface area contributed by atoms with Crippen LogP contribution in [0, 0.1) is 0 Å². The number of carbonyl (C=O) groups excluding carboxylic acids is 1. The number of rotatable bonds is 6. The van der Waals surface area contributed by atoms with Crippen LogP contribution in [0.3, 0.4) is 0 Å². The number of guanidine groups is 1. The molecule has 0 radical (unpaired) electrons. The second-order valence-corrected chi connectivity index (χ2v) is 6.75. The average molecular weight is 365 g/mol. The monoisotopic (exact) mass is 365 g/mol. The van der Waals surface area contributed by atoms with Crippen molar-refractivity contribution in [3.8, 4) is 0 Å². The minimum Gasteiger partial charge on any atom is -0.370 e. The van der Waals surface area contributed by atoms with E-state index in [1.54, 1.807) is 6.20 Å². The molecular formula is C21H27N5O. The molecule has 1 aromatic carbocycles. The number of hydrogen-bond donors (Lipinski definition) is 2. The van der Waals surface area contributed by atoms with Crippen molar-refractivity contribution >= 4 is 11.9 Å². The third kappa shape index (κ3) is 5.81. The van der Waals surface area contributed by atoms with Gasteiger partial charge in [-0.25, -0.2) is 4.99 Å². The van der Waals surface area contributed by atoms with Crippen molar-refractivity contribution in [1.82, 2.24) is 15.2 Å². The second kappa shape index (κ2) is 9.71. The zero-order valence-corrected chi connectivity index (χ0v) is 15.6. The van der Waals surface area contributed by atoms with E-state index in [4.69, 9.17) is 5.73 Å². The number of nitrogens with zero attached hydrogens (tertiary/aromatic N) is 3. The van der Waals surface area contributed by atoms with Gasteiger partial charge in [-0.05, 0) is 49.1 Å². The van der Waals surface area contributed by atoms with Crippen LogP contribution in [-0.2, 0) is 13.0 Å². The van der Waals surface area contributed by atoms with Gasteiger partial charge in [0.25, 0.3) is 5.91 Å². The van der Waals surface area contributed by atoms with Crippen molar-refractivity contribution in [3.05, 3.63) is 65.5 Å². The van der Waals surface area contributed by atoms with E-state index in [-0.39, 0.29) is 5.91 Å². The van der Waals surface area contributed by atoms with Gasteiger partial charge in [0.05, 0.1) is 6.54 Å². The van der Waals surface area contributed by atoms with Crippen LogP contribution in [0.4, 0.5) is 0 Å². The first-order chi connectivity index (χ1) is 13.2. The molecule has 0 atom stereocenters. The van der Waals surface area contributed by atoms with E-state index >= 15 is 0 Å². The number of piperidine rings is 1. The minimum atomic E-state index is 0.125. The van der Waals surface area contributed by atoms with Crippen LogP contribution in [0.25, 0.3) is 0 Å². The third-order valence-electron chi connectivity index (χ3n) is 4.69. The van der Waals surface area contributed by atoms with Crippen LogP contribution in [0.15, 0.2) is 53.7 Å². The molecular weight excluding hydrogens is 338 g/mol. The molecule has 1 amide bonds. The molecule has 0 saturated carbocycles. The van der Waals surface area contributed by atoms with Gasteiger partial charge in [0.2, 0.25) is 0 Å². The summed E-state index contributed by atoms with van der Waals surface area (Å²) < 4.78 is 0. The molecule has 6 nitrogen and oxygen atoms in total. The van der Waals surface area contributed by atoms with Gasteiger partial charge in [0.15, 0.2) is 5.96 Å². The quantitative estimate of drug-likeness (QED) is 0.608. The maximum absolute atomic E-state index is 12.5. The number of nitrogens with one attached hydrogen (secondary N) is 1. The van der Waals surface area contributed by atoms with Crippen LogP contribution >= 0.6 is 0 Å². The standard InChI is InChI=1S/C21H27N5O/c22-21(24-13-11-19-6-2-3-12-23-19)25-16-17-7-9-18(10-8-17)20(27)26-14-4-1-5-15-26/h2-3,6-10,12H,1,4-5,11,13-16H2,(H3,22,24,25). The molecule has 0 aliphatic carbocycles. The molecule has 1 fully saturated rings. The number of amides is 1. The van der Waals surface area contributed by atoms with Gasteiger partial charge in [-0.3, -0.25) is 9.78 Å². The Balaban J connectivity index is 1.45. The van der Waals surface area contributed by atoms with Crippen molar-refractivity contribution in [2.75, 3.05) is 19.6 Å². The molecule has 1 aliphatic heterocycles. The molecule has 142 valence electrons. The number of aromatic nitrogens is 1. The summed E-state index contributed by atoms with van der Waals surface area (Å²) in [5, 5.41) is 3.10. The van der Waals surface area contributed by atoms with Crippen LogP contribution < -0.4 is 11.1 Å². The van der Waals surface area contributed by atoms with E-state index < -0.39 is 0 Å². The number of carbonyl (C=O) groups is 1. The van der Waals surface area contributed by atoms with Gasteiger partial charge in [-0.1, -0.05) is 18.2 Å². The summed E-state index contributed by atoms with van der Waals surface area (Å²) >= 11 is 0. The molecule has 27 heavy (non-hydrogen) atoms. The fourth-order valence-corrected chi connectivity index (χ4v) is 3.13. The summed E-state index contributed by atoms with van der Waals surface area (Å²) in [7, 11) is 0. The van der Waals surface area contributed by atoms with Crippen molar-refractivity contribution in [2.24, 2.45) is 10.7 Å². The predicted molar refractivity (Wildman–Crippen MR) is 107 cm³/mol. The molecule has 1 saturated heterocycles. The molecule has 3 N–H and O–H groups in total. The van der Waals surface area contributed by atoms with Gasteiger partial charge < -0.3 is 16.0 Å². The van der Waals surface area contributed by atoms with E-state index in [0.717, 1.165) is 49.2 Å². The number of nitrogens with two attached hydrogens (primary N) is 1. The lowest BCUT2D eigenvalue weighted by Gasteiger charge is -2.26. The third-order valence-corrected chi connectivity index (χ3v) is 4.69. The van der Waals surface area contributed by atoms with Gasteiger partial charge in [-0.15, -0.1) is 0 Å². The Labute approximate surface area is 160 Å². The molecule has 2 aromatic rings. The summed E-state index contributed by atoms with van der Waals surface area (Å²) in [5.74, 6) is 0.542. The van der Waals surface area contributed by atoms with E-state index in [0.29, 0.717) is 19.0 Å². The van der Waals surface area contributed by atoms with Gasteiger partial charge in [0.1, 0.15) is 0 Å². The molecule has 1 aromatic heterocycles. The summed E-state index contributed by atoms with van der Waals surface area (Å²) in [6.45, 7) is 2.91. The molecule has 0 spiro atoms. The first-order valence-electron chi connectivity index (χ1n) is 9.54. The smallest absolute Gasteiger partial charge is 0.253 e. The highest BCUT2D eigenvalue weighted by molar-refractivity contribution is 5.94. The Morgan fingerprint density at radius 1 is 1.11 bits per heavy atom. The number of benzene rings is 1. The highest BCUT2D eigenvalue weighted by Gasteiger charge is 2.17. The maximum Gasteiger partial charge on any atom is 0.253 e. The maximum atomic E-state index is 12.5. The normalized spacial score (nSPS) is 14.8. The van der Waals surface area contributed by atoms with Crippen molar-refractivity contribution < 1.29 is 4.79 Å². The molecule has 0 unspecified atom stereocenters. The second-order valence-electron chi connectivity index (χ2n) is 6.75. The van der Waals surface area contributed by atoms with E-state index in [9.17, 15) is 4.79 Å². The Morgan fingerprint density at radius 2 is 1.89 bits per heavy atom. The Kier molecular flexibility index (Phi) is 6.79. The highest BCUT2D eigenvalue weighted by atomic mass is 16.2. The van der Waals surface area contributed by atoms with Gasteiger partial charge in [0, 0.05) is 43.5 Å². The van der Waals surface area contributed by atoms with E-state index in [2.05, 4.69) is 15.3 Å². The van der Waals surface area contributed by atoms with Gasteiger partial charge >= 0.3 is 0 Å². The highest BCUT2D eigenvalue weighted by Crippen LogP contribution is 2.14. The number of hydrogen-bond acceptors (Lipinski definition) is 3. The van der Waals surface area contributed by atoms with Gasteiger partial charge in [-0.2, -0.15) is 0 Å². The summed E-state index contributed by atoms with van der Waals surface area (Å²) in [6, 6.07) is 13.5. The van der Waals surface area contributed by atoms with Crippen LogP contribution in [0.1, 0.15) is 40.9 Å². The molecule has 0 bridgehead atoms. The van der Waals surface area contributed by atoms with E-state index in [1.165, 1.54) is 6.42 Å². The summed E-state index contributed by atoms with van der Waals surface area (Å²) in [4.78, 5) is 23.1. The fraction of sp³-hybridized carbons (Fsp3) is 0.381. The van der Waals surface area contributed by atoms with Crippen LogP contribution in [0.5, 0.6) is 0 Å². The zero-order chi connectivity index (χ0) is 18.9. The number of pyridine rings is 1.